The first-order valence-corrected chi connectivity index (χ1v) is 3.27. The summed E-state index contributed by atoms with van der Waals surface area (Å²) in [7, 11) is 0. The lowest BCUT2D eigenvalue weighted by Gasteiger charge is -2.14. The van der Waals surface area contributed by atoms with E-state index < -0.39 is 0 Å². The SMILES string of the molecule is NC12C=CC(CC1)C2. The molecule has 2 unspecified atom stereocenters. The van der Waals surface area contributed by atoms with Gasteiger partial charge in [0.1, 0.15) is 0 Å². The first kappa shape index (κ1) is 4.57. The highest BCUT2D eigenvalue weighted by atomic mass is 14.8. The number of allylic oxidation sites excluding steroid dienone is 1. The molecule has 0 aromatic heterocycles. The summed E-state index contributed by atoms with van der Waals surface area (Å²) in [5.41, 5.74) is 6.04. The van der Waals surface area contributed by atoms with E-state index in [1.807, 2.05) is 0 Å². The summed E-state index contributed by atoms with van der Waals surface area (Å²) in [4.78, 5) is 0. The second kappa shape index (κ2) is 1.16. The molecule has 2 N–H and O–H groups in total. The van der Waals surface area contributed by atoms with Gasteiger partial charge in [-0.1, -0.05) is 12.2 Å². The van der Waals surface area contributed by atoms with Crippen LogP contribution in [0.1, 0.15) is 19.3 Å². The van der Waals surface area contributed by atoms with Crippen LogP contribution in [-0.2, 0) is 0 Å². The van der Waals surface area contributed by atoms with Crippen molar-refractivity contribution in [2.24, 2.45) is 11.7 Å². The van der Waals surface area contributed by atoms with Gasteiger partial charge in [-0.15, -0.1) is 0 Å². The molecule has 2 rings (SSSR count). The summed E-state index contributed by atoms with van der Waals surface area (Å²) in [6, 6.07) is 0. The second-order valence-corrected chi connectivity index (χ2v) is 3.10. The minimum Gasteiger partial charge on any atom is -0.322 e. The minimum atomic E-state index is 0.130. The Morgan fingerprint density at radius 1 is 1.62 bits per heavy atom. The molecule has 44 valence electrons. The fourth-order valence-electron chi connectivity index (χ4n) is 1.79. The van der Waals surface area contributed by atoms with Crippen LogP contribution in [0.5, 0.6) is 0 Å². The highest BCUT2D eigenvalue weighted by Gasteiger charge is 2.36. The van der Waals surface area contributed by atoms with Crippen molar-refractivity contribution in [3.8, 4) is 0 Å². The third kappa shape index (κ3) is 0.451. The summed E-state index contributed by atoms with van der Waals surface area (Å²) < 4.78 is 0. The molecular formula is C7H11N. The fraction of sp³-hybridized carbons (Fsp3) is 0.714. The van der Waals surface area contributed by atoms with Crippen molar-refractivity contribution in [2.45, 2.75) is 24.8 Å². The van der Waals surface area contributed by atoms with Gasteiger partial charge in [0.05, 0.1) is 0 Å². The van der Waals surface area contributed by atoms with Crippen LogP contribution >= 0.6 is 0 Å². The molecule has 1 fully saturated rings. The highest BCUT2D eigenvalue weighted by Crippen LogP contribution is 2.40. The maximum absolute atomic E-state index is 5.91. The largest absolute Gasteiger partial charge is 0.322 e. The van der Waals surface area contributed by atoms with Gasteiger partial charge < -0.3 is 5.73 Å². The fourth-order valence-corrected chi connectivity index (χ4v) is 1.79. The van der Waals surface area contributed by atoms with Gasteiger partial charge in [0.2, 0.25) is 0 Å². The Labute approximate surface area is 49.6 Å². The van der Waals surface area contributed by atoms with Gasteiger partial charge in [-0.2, -0.15) is 0 Å². The van der Waals surface area contributed by atoms with E-state index in [0.29, 0.717) is 0 Å². The van der Waals surface area contributed by atoms with Crippen LogP contribution in [0.2, 0.25) is 0 Å². The van der Waals surface area contributed by atoms with E-state index in [4.69, 9.17) is 5.73 Å². The molecule has 0 radical (unpaired) electrons. The minimum absolute atomic E-state index is 0.130. The molecule has 2 aliphatic carbocycles. The maximum atomic E-state index is 5.91. The quantitative estimate of drug-likeness (QED) is 0.462. The van der Waals surface area contributed by atoms with Gasteiger partial charge in [-0.25, -0.2) is 0 Å². The zero-order chi connectivity index (χ0) is 5.61. The van der Waals surface area contributed by atoms with Gasteiger partial charge in [-0.05, 0) is 25.2 Å². The smallest absolute Gasteiger partial charge is 0.0345 e. The molecule has 1 nitrogen and oxygen atoms in total. The predicted molar refractivity (Wildman–Crippen MR) is 33.4 cm³/mol. The summed E-state index contributed by atoms with van der Waals surface area (Å²) in [6.45, 7) is 0. The standard InChI is InChI=1S/C7H11N/c8-7-3-1-6(5-7)2-4-7/h1,3,6H,2,4-5,8H2. The lowest BCUT2D eigenvalue weighted by Crippen LogP contribution is -2.32. The van der Waals surface area contributed by atoms with Crippen molar-refractivity contribution >= 4 is 0 Å². The topological polar surface area (TPSA) is 26.0 Å². The molecule has 0 saturated heterocycles. The third-order valence-corrected chi connectivity index (χ3v) is 2.32. The molecule has 0 spiro atoms. The molecule has 2 atom stereocenters. The van der Waals surface area contributed by atoms with Crippen molar-refractivity contribution in [1.82, 2.24) is 0 Å². The average Bonchev–Trinajstić information content (AvgIpc) is 2.21. The summed E-state index contributed by atoms with van der Waals surface area (Å²) in [5.74, 6) is 0.833. The third-order valence-electron chi connectivity index (χ3n) is 2.32. The Hall–Kier alpha value is -0.300. The molecule has 1 saturated carbocycles. The lowest BCUT2D eigenvalue weighted by atomic mass is 10.0. The monoisotopic (exact) mass is 109 g/mol. The van der Waals surface area contributed by atoms with Gasteiger partial charge in [0.15, 0.2) is 0 Å². The Bertz CT molecular complexity index is 139. The van der Waals surface area contributed by atoms with Crippen LogP contribution in [0, 0.1) is 5.92 Å². The van der Waals surface area contributed by atoms with Gasteiger partial charge >= 0.3 is 0 Å². The molecule has 0 amide bonds. The summed E-state index contributed by atoms with van der Waals surface area (Å²) in [6.07, 6.45) is 8.21. The molecule has 0 aromatic rings. The van der Waals surface area contributed by atoms with Crippen LogP contribution in [0.4, 0.5) is 0 Å². The van der Waals surface area contributed by atoms with Crippen LogP contribution in [0.15, 0.2) is 12.2 Å². The Morgan fingerprint density at radius 2 is 2.50 bits per heavy atom. The van der Waals surface area contributed by atoms with Crippen molar-refractivity contribution in [1.29, 1.82) is 0 Å². The van der Waals surface area contributed by atoms with Crippen LogP contribution < -0.4 is 5.73 Å². The Kier molecular flexibility index (Phi) is 0.662. The van der Waals surface area contributed by atoms with Gasteiger partial charge in [-0.3, -0.25) is 0 Å². The Morgan fingerprint density at radius 3 is 2.62 bits per heavy atom. The zero-order valence-corrected chi connectivity index (χ0v) is 4.93. The van der Waals surface area contributed by atoms with Gasteiger partial charge in [0.25, 0.3) is 0 Å². The van der Waals surface area contributed by atoms with E-state index >= 15 is 0 Å². The molecular weight excluding hydrogens is 98.1 g/mol. The lowest BCUT2D eigenvalue weighted by molar-refractivity contribution is 0.559. The number of fused-ring (bicyclic) bond motifs is 2. The van der Waals surface area contributed by atoms with Crippen LogP contribution in [0.25, 0.3) is 0 Å². The number of hydrogen-bond acceptors (Lipinski definition) is 1. The molecule has 2 bridgehead atoms. The number of hydrogen-bond donors (Lipinski definition) is 1. The molecule has 1 heteroatoms. The highest BCUT2D eigenvalue weighted by molar-refractivity contribution is 5.19. The van der Waals surface area contributed by atoms with Crippen LogP contribution in [-0.4, -0.2) is 5.54 Å². The molecule has 0 aromatic carbocycles. The molecule has 0 heterocycles. The van der Waals surface area contributed by atoms with Crippen molar-refractivity contribution < 1.29 is 0 Å². The summed E-state index contributed by atoms with van der Waals surface area (Å²) >= 11 is 0. The van der Waals surface area contributed by atoms with E-state index in [1.165, 1.54) is 19.3 Å². The van der Waals surface area contributed by atoms with Crippen molar-refractivity contribution in [3.05, 3.63) is 12.2 Å². The summed E-state index contributed by atoms with van der Waals surface area (Å²) in [5, 5.41) is 0. The number of nitrogens with two attached hydrogens (primary N) is 1. The molecule has 8 heavy (non-hydrogen) atoms. The zero-order valence-electron chi connectivity index (χ0n) is 4.93. The van der Waals surface area contributed by atoms with Crippen molar-refractivity contribution in [3.63, 3.8) is 0 Å². The van der Waals surface area contributed by atoms with E-state index in [-0.39, 0.29) is 5.54 Å². The predicted octanol–water partition coefficient (Wildman–Crippen LogP) is 1.05. The maximum Gasteiger partial charge on any atom is 0.0345 e. The molecule has 2 aliphatic rings. The second-order valence-electron chi connectivity index (χ2n) is 3.10. The van der Waals surface area contributed by atoms with E-state index in [9.17, 15) is 0 Å². The first-order chi connectivity index (χ1) is 3.79. The normalized spacial score (nSPS) is 50.9. The van der Waals surface area contributed by atoms with Crippen molar-refractivity contribution in [2.75, 3.05) is 0 Å². The average molecular weight is 109 g/mol. The molecule has 0 aliphatic heterocycles. The van der Waals surface area contributed by atoms with E-state index in [1.54, 1.807) is 0 Å². The number of rotatable bonds is 0. The van der Waals surface area contributed by atoms with E-state index in [2.05, 4.69) is 12.2 Å². The Balaban J connectivity index is 2.33. The first-order valence-electron chi connectivity index (χ1n) is 3.27. The van der Waals surface area contributed by atoms with Crippen LogP contribution in [0.3, 0.4) is 0 Å². The van der Waals surface area contributed by atoms with E-state index in [0.717, 1.165) is 5.92 Å². The van der Waals surface area contributed by atoms with Gasteiger partial charge in [0, 0.05) is 5.54 Å².